The van der Waals surface area contributed by atoms with Crippen molar-refractivity contribution in [3.8, 4) is 22.8 Å². The molecule has 37 heavy (non-hydrogen) atoms. The maximum atomic E-state index is 13.3. The Hall–Kier alpha value is -3.23. The quantitative estimate of drug-likeness (QED) is 0.381. The standard InChI is InChI=1S/C28H31ClN4O4/c1-27(2)15-37-20(27)13-36-19-12-30-11-8-16(19)22-23(32-18-7-4-6-17(29)24(18)35-3)21-25(33-22)28(9-5-10-28)14-31-26(21)34/h4,6-8,11-12,20,32-33H,5,9-10,13-15H2,1-3H3,(H,31,34)/t20-/m1/s1. The number of hydrogen-bond donors (Lipinski definition) is 3. The Labute approximate surface area is 221 Å². The van der Waals surface area contributed by atoms with Gasteiger partial charge in [0.05, 0.1) is 53.7 Å². The zero-order valence-corrected chi connectivity index (χ0v) is 22.0. The van der Waals surface area contributed by atoms with Crippen molar-refractivity contribution >= 4 is 28.9 Å². The van der Waals surface area contributed by atoms with Crippen molar-refractivity contribution in [2.45, 2.75) is 44.6 Å². The molecule has 0 radical (unpaired) electrons. The van der Waals surface area contributed by atoms with E-state index in [9.17, 15) is 4.79 Å². The fourth-order valence-corrected chi connectivity index (χ4v) is 5.78. The van der Waals surface area contributed by atoms with Gasteiger partial charge in [0.1, 0.15) is 12.4 Å². The Morgan fingerprint density at radius 2 is 2.11 bits per heavy atom. The lowest BCUT2D eigenvalue weighted by Crippen LogP contribution is -2.50. The minimum atomic E-state index is -0.111. The van der Waals surface area contributed by atoms with Crippen molar-refractivity contribution in [2.24, 2.45) is 5.41 Å². The summed E-state index contributed by atoms with van der Waals surface area (Å²) in [5.41, 5.74) is 4.47. The van der Waals surface area contributed by atoms with Gasteiger partial charge in [-0.1, -0.05) is 37.9 Å². The lowest BCUT2D eigenvalue weighted by atomic mass is 9.64. The number of methoxy groups -OCH3 is 1. The zero-order valence-electron chi connectivity index (χ0n) is 21.2. The Balaban J connectivity index is 1.47. The van der Waals surface area contributed by atoms with E-state index in [-0.39, 0.29) is 22.8 Å². The van der Waals surface area contributed by atoms with Gasteiger partial charge in [-0.05, 0) is 31.0 Å². The van der Waals surface area contributed by atoms with E-state index in [2.05, 4.69) is 34.4 Å². The molecule has 1 atom stereocenters. The third-order valence-electron chi connectivity index (χ3n) is 8.06. The van der Waals surface area contributed by atoms with E-state index < -0.39 is 0 Å². The van der Waals surface area contributed by atoms with Crippen LogP contribution in [0.4, 0.5) is 11.4 Å². The highest BCUT2D eigenvalue weighted by molar-refractivity contribution is 6.32. The number of nitrogens with one attached hydrogen (secondary N) is 3. The van der Waals surface area contributed by atoms with Gasteiger partial charge in [-0.15, -0.1) is 0 Å². The van der Waals surface area contributed by atoms with Crippen LogP contribution in [0, 0.1) is 5.41 Å². The molecule has 1 saturated heterocycles. The molecule has 4 heterocycles. The van der Waals surface area contributed by atoms with E-state index in [4.69, 9.17) is 25.8 Å². The molecular formula is C28H31ClN4O4. The summed E-state index contributed by atoms with van der Waals surface area (Å²) in [5.74, 6) is 1.02. The maximum absolute atomic E-state index is 13.3. The summed E-state index contributed by atoms with van der Waals surface area (Å²) in [6.07, 6.45) is 6.63. The first kappa shape index (κ1) is 24.1. The third-order valence-corrected chi connectivity index (χ3v) is 8.36. The Bertz CT molecular complexity index is 1360. The molecule has 2 aliphatic heterocycles. The summed E-state index contributed by atoms with van der Waals surface area (Å²) < 4.78 is 17.6. The smallest absolute Gasteiger partial charge is 0.255 e. The lowest BCUT2D eigenvalue weighted by Gasteiger charge is -2.44. The molecule has 3 aliphatic rings. The second-order valence-corrected chi connectivity index (χ2v) is 11.3. The van der Waals surface area contributed by atoms with Crippen molar-refractivity contribution in [2.75, 3.05) is 32.2 Å². The van der Waals surface area contributed by atoms with Crippen LogP contribution < -0.4 is 20.1 Å². The van der Waals surface area contributed by atoms with Crippen molar-refractivity contribution < 1.29 is 19.0 Å². The van der Waals surface area contributed by atoms with Crippen LogP contribution in [0.5, 0.6) is 11.5 Å². The average Bonchev–Trinajstić information content (AvgIpc) is 3.23. The van der Waals surface area contributed by atoms with Crippen molar-refractivity contribution in [1.82, 2.24) is 15.3 Å². The topological polar surface area (TPSA) is 97.5 Å². The molecule has 2 fully saturated rings. The van der Waals surface area contributed by atoms with Crippen LogP contribution in [0.25, 0.3) is 11.3 Å². The molecule has 0 bridgehead atoms. The molecule has 1 amide bonds. The number of rotatable bonds is 7. The van der Waals surface area contributed by atoms with Crippen LogP contribution >= 0.6 is 11.6 Å². The number of nitrogens with zero attached hydrogens (tertiary/aromatic N) is 1. The highest BCUT2D eigenvalue weighted by Gasteiger charge is 2.47. The number of pyridine rings is 1. The minimum absolute atomic E-state index is 0.00902. The second kappa shape index (κ2) is 8.96. The summed E-state index contributed by atoms with van der Waals surface area (Å²) >= 11 is 6.42. The molecule has 1 aromatic carbocycles. The Kier molecular flexibility index (Phi) is 5.84. The molecule has 3 aromatic rings. The number of anilines is 2. The number of carbonyl (C=O) groups excluding carboxylic acids is 1. The average molecular weight is 523 g/mol. The van der Waals surface area contributed by atoms with Gasteiger partial charge in [0.15, 0.2) is 5.75 Å². The zero-order chi connectivity index (χ0) is 25.8. The molecule has 9 heteroatoms. The van der Waals surface area contributed by atoms with E-state index in [1.807, 2.05) is 18.2 Å². The largest absolute Gasteiger partial charge is 0.493 e. The predicted molar refractivity (Wildman–Crippen MR) is 142 cm³/mol. The number of carbonyl (C=O) groups is 1. The predicted octanol–water partition coefficient (Wildman–Crippen LogP) is 5.45. The summed E-state index contributed by atoms with van der Waals surface area (Å²) in [7, 11) is 1.58. The molecule has 0 unspecified atom stereocenters. The number of fused-ring (bicyclic) bond motifs is 2. The maximum Gasteiger partial charge on any atom is 0.255 e. The van der Waals surface area contributed by atoms with Crippen molar-refractivity contribution in [3.63, 3.8) is 0 Å². The van der Waals surface area contributed by atoms with Crippen LogP contribution in [-0.4, -0.2) is 48.8 Å². The van der Waals surface area contributed by atoms with E-state index >= 15 is 0 Å². The third kappa shape index (κ3) is 3.94. The summed E-state index contributed by atoms with van der Waals surface area (Å²) in [5, 5.41) is 7.09. The monoisotopic (exact) mass is 522 g/mol. The van der Waals surface area contributed by atoms with Crippen molar-refractivity contribution in [3.05, 3.63) is 52.9 Å². The van der Waals surface area contributed by atoms with E-state index in [1.165, 1.54) is 0 Å². The lowest BCUT2D eigenvalue weighted by molar-refractivity contribution is -0.180. The van der Waals surface area contributed by atoms with E-state index in [0.29, 0.717) is 46.6 Å². The number of hydrogen-bond acceptors (Lipinski definition) is 6. The van der Waals surface area contributed by atoms with Gasteiger partial charge in [-0.3, -0.25) is 9.78 Å². The van der Waals surface area contributed by atoms with Gasteiger partial charge in [0.2, 0.25) is 0 Å². The van der Waals surface area contributed by atoms with Crippen molar-refractivity contribution in [1.29, 1.82) is 0 Å². The van der Waals surface area contributed by atoms with Crippen LogP contribution in [0.3, 0.4) is 0 Å². The fraction of sp³-hybridized carbons (Fsp3) is 0.429. The first-order chi connectivity index (χ1) is 17.8. The minimum Gasteiger partial charge on any atom is -0.493 e. The number of aromatic nitrogens is 2. The number of aromatic amines is 1. The number of benzene rings is 1. The number of para-hydroxylation sites is 1. The van der Waals surface area contributed by atoms with Gasteiger partial charge >= 0.3 is 0 Å². The first-order valence-corrected chi connectivity index (χ1v) is 13.0. The number of amides is 1. The summed E-state index contributed by atoms with van der Waals surface area (Å²) in [6.45, 7) is 6.11. The number of H-pyrrole nitrogens is 1. The Morgan fingerprint density at radius 3 is 2.78 bits per heavy atom. The second-order valence-electron chi connectivity index (χ2n) is 10.9. The highest BCUT2D eigenvalue weighted by atomic mass is 35.5. The molecule has 1 spiro atoms. The Morgan fingerprint density at radius 1 is 1.27 bits per heavy atom. The van der Waals surface area contributed by atoms with Gasteiger partial charge in [-0.2, -0.15) is 0 Å². The summed E-state index contributed by atoms with van der Waals surface area (Å²) in [4.78, 5) is 21.3. The number of ether oxygens (including phenoxy) is 3. The van der Waals surface area contributed by atoms with Crippen LogP contribution in [-0.2, 0) is 10.2 Å². The van der Waals surface area contributed by atoms with Crippen LogP contribution in [0.1, 0.15) is 49.2 Å². The van der Waals surface area contributed by atoms with Gasteiger partial charge in [0, 0.05) is 34.8 Å². The molecule has 6 rings (SSSR count). The highest BCUT2D eigenvalue weighted by Crippen LogP contribution is 2.51. The summed E-state index contributed by atoms with van der Waals surface area (Å²) in [6, 6.07) is 7.41. The molecular weight excluding hydrogens is 492 g/mol. The van der Waals surface area contributed by atoms with E-state index in [1.54, 1.807) is 25.6 Å². The van der Waals surface area contributed by atoms with Gasteiger partial charge in [0.25, 0.3) is 5.91 Å². The van der Waals surface area contributed by atoms with E-state index in [0.717, 1.165) is 42.8 Å². The number of halogens is 1. The molecule has 2 aromatic heterocycles. The molecule has 1 saturated carbocycles. The van der Waals surface area contributed by atoms with Crippen LogP contribution in [0.2, 0.25) is 5.02 Å². The van der Waals surface area contributed by atoms with Gasteiger partial charge in [-0.25, -0.2) is 0 Å². The first-order valence-electron chi connectivity index (χ1n) is 12.7. The molecule has 3 N–H and O–H groups in total. The fourth-order valence-electron chi connectivity index (χ4n) is 5.53. The SMILES string of the molecule is COc1c(Cl)cccc1Nc1c(-c2ccncc2OC[C@H]2OCC2(C)C)[nH]c2c1C(=O)NCC21CCC1. The normalized spacial score (nSPS) is 20.9. The molecule has 8 nitrogen and oxygen atoms in total. The van der Waals surface area contributed by atoms with Crippen LogP contribution in [0.15, 0.2) is 36.7 Å². The van der Waals surface area contributed by atoms with Gasteiger partial charge < -0.3 is 29.8 Å². The molecule has 1 aliphatic carbocycles. The molecule has 194 valence electrons.